The van der Waals surface area contributed by atoms with E-state index in [1.807, 2.05) is 0 Å². The van der Waals surface area contributed by atoms with Crippen LogP contribution in [0.4, 0.5) is 8.78 Å². The van der Waals surface area contributed by atoms with Crippen molar-refractivity contribution in [3.8, 4) is 11.8 Å². The lowest BCUT2D eigenvalue weighted by atomic mass is 10.1. The number of nitriles is 1. The standard InChI is InChI=1S/C9H6BrF2NO/c1-14-9-7(12)3-2-6(11)8(9)5(10)4-13/h2-3,5H,1H3. The van der Waals surface area contributed by atoms with Gasteiger partial charge >= 0.3 is 0 Å². The molecule has 0 aliphatic rings. The third-order valence-corrected chi connectivity index (χ3v) is 2.33. The van der Waals surface area contributed by atoms with Gasteiger partial charge in [-0.25, -0.2) is 8.78 Å². The van der Waals surface area contributed by atoms with Crippen molar-refractivity contribution in [2.75, 3.05) is 7.11 Å². The van der Waals surface area contributed by atoms with E-state index in [9.17, 15) is 8.78 Å². The first-order valence-corrected chi connectivity index (χ1v) is 4.59. The van der Waals surface area contributed by atoms with Crippen LogP contribution < -0.4 is 4.74 Å². The zero-order valence-electron chi connectivity index (χ0n) is 7.22. The lowest BCUT2D eigenvalue weighted by molar-refractivity contribution is 0.377. The molecule has 0 radical (unpaired) electrons. The number of halogens is 3. The Morgan fingerprint density at radius 3 is 2.50 bits per heavy atom. The minimum absolute atomic E-state index is 0.116. The summed E-state index contributed by atoms with van der Waals surface area (Å²) in [5.74, 6) is -1.61. The van der Waals surface area contributed by atoms with Crippen molar-refractivity contribution in [2.24, 2.45) is 0 Å². The SMILES string of the molecule is COc1c(F)ccc(F)c1C(Br)C#N. The second kappa shape index (κ2) is 4.38. The maximum Gasteiger partial charge on any atom is 0.165 e. The van der Waals surface area contributed by atoms with Gasteiger partial charge in [0.15, 0.2) is 11.6 Å². The number of rotatable bonds is 2. The number of alkyl halides is 1. The summed E-state index contributed by atoms with van der Waals surface area (Å²) in [6, 6.07) is 3.66. The summed E-state index contributed by atoms with van der Waals surface area (Å²) in [7, 11) is 1.22. The number of hydrogen-bond acceptors (Lipinski definition) is 2. The topological polar surface area (TPSA) is 33.0 Å². The van der Waals surface area contributed by atoms with Crippen molar-refractivity contribution >= 4 is 15.9 Å². The molecule has 1 aromatic rings. The van der Waals surface area contributed by atoms with Crippen LogP contribution in [0.5, 0.6) is 5.75 Å². The monoisotopic (exact) mass is 261 g/mol. The molecular weight excluding hydrogens is 256 g/mol. The Morgan fingerprint density at radius 2 is 2.00 bits per heavy atom. The van der Waals surface area contributed by atoms with Crippen LogP contribution in [0.2, 0.25) is 0 Å². The first-order chi connectivity index (χ1) is 6.61. The number of ether oxygens (including phenoxy) is 1. The van der Waals surface area contributed by atoms with Crippen LogP contribution in [-0.4, -0.2) is 7.11 Å². The quantitative estimate of drug-likeness (QED) is 0.767. The number of hydrogen-bond donors (Lipinski definition) is 0. The highest BCUT2D eigenvalue weighted by Crippen LogP contribution is 2.34. The molecule has 0 spiro atoms. The van der Waals surface area contributed by atoms with Gasteiger partial charge in [0, 0.05) is 0 Å². The van der Waals surface area contributed by atoms with Crippen LogP contribution >= 0.6 is 15.9 Å². The molecule has 0 aliphatic heterocycles. The Kier molecular flexibility index (Phi) is 3.42. The smallest absolute Gasteiger partial charge is 0.165 e. The Bertz CT molecular complexity index is 389. The lowest BCUT2D eigenvalue weighted by Crippen LogP contribution is -2.00. The summed E-state index contributed by atoms with van der Waals surface area (Å²) in [5.41, 5.74) is -0.116. The van der Waals surface area contributed by atoms with Crippen molar-refractivity contribution in [2.45, 2.75) is 4.83 Å². The molecule has 0 saturated heterocycles. The van der Waals surface area contributed by atoms with E-state index < -0.39 is 16.5 Å². The van der Waals surface area contributed by atoms with E-state index in [-0.39, 0.29) is 11.3 Å². The maximum absolute atomic E-state index is 13.2. The van der Waals surface area contributed by atoms with Gasteiger partial charge in [-0.2, -0.15) is 5.26 Å². The molecule has 5 heteroatoms. The third-order valence-electron chi connectivity index (χ3n) is 1.67. The van der Waals surface area contributed by atoms with Gasteiger partial charge < -0.3 is 4.74 Å². The number of methoxy groups -OCH3 is 1. The van der Waals surface area contributed by atoms with Gasteiger partial charge in [0.2, 0.25) is 0 Å². The molecule has 74 valence electrons. The Hall–Kier alpha value is -1.15. The van der Waals surface area contributed by atoms with Crippen LogP contribution in [-0.2, 0) is 0 Å². The molecule has 1 unspecified atom stereocenters. The van der Waals surface area contributed by atoms with Gasteiger partial charge in [-0.15, -0.1) is 0 Å². The van der Waals surface area contributed by atoms with Gasteiger partial charge in [0.1, 0.15) is 10.6 Å². The lowest BCUT2D eigenvalue weighted by Gasteiger charge is -2.10. The molecule has 0 bridgehead atoms. The molecule has 1 aromatic carbocycles. The second-order valence-corrected chi connectivity index (χ2v) is 3.38. The Balaban J connectivity index is 3.39. The van der Waals surface area contributed by atoms with Crippen molar-refractivity contribution in [3.63, 3.8) is 0 Å². The molecular formula is C9H6BrF2NO. The third kappa shape index (κ3) is 1.85. The summed E-state index contributed by atoms with van der Waals surface area (Å²) >= 11 is 2.91. The summed E-state index contributed by atoms with van der Waals surface area (Å²) in [4.78, 5) is -0.923. The van der Waals surface area contributed by atoms with Crippen molar-refractivity contribution in [1.29, 1.82) is 5.26 Å². The van der Waals surface area contributed by atoms with E-state index in [1.54, 1.807) is 6.07 Å². The van der Waals surface area contributed by atoms with Gasteiger partial charge in [-0.3, -0.25) is 0 Å². The normalized spacial score (nSPS) is 11.9. The van der Waals surface area contributed by atoms with E-state index in [2.05, 4.69) is 20.7 Å². The van der Waals surface area contributed by atoms with Gasteiger partial charge in [-0.1, -0.05) is 15.9 Å². The molecule has 0 aliphatic carbocycles. The molecule has 0 saturated carbocycles. The fourth-order valence-electron chi connectivity index (χ4n) is 1.06. The van der Waals surface area contributed by atoms with E-state index in [0.717, 1.165) is 12.1 Å². The second-order valence-electron chi connectivity index (χ2n) is 2.47. The van der Waals surface area contributed by atoms with Crippen LogP contribution in [0.3, 0.4) is 0 Å². The van der Waals surface area contributed by atoms with E-state index in [0.29, 0.717) is 0 Å². The van der Waals surface area contributed by atoms with Crippen molar-refractivity contribution < 1.29 is 13.5 Å². The highest BCUT2D eigenvalue weighted by molar-refractivity contribution is 9.09. The highest BCUT2D eigenvalue weighted by Gasteiger charge is 2.20. The minimum atomic E-state index is -0.923. The number of benzene rings is 1. The number of nitrogens with zero attached hydrogens (tertiary/aromatic N) is 1. The highest BCUT2D eigenvalue weighted by atomic mass is 79.9. The van der Waals surface area contributed by atoms with Crippen LogP contribution in [0, 0.1) is 23.0 Å². The molecule has 1 rings (SSSR count). The molecule has 0 amide bonds. The Labute approximate surface area is 88.2 Å². The zero-order valence-corrected chi connectivity index (χ0v) is 8.81. The molecule has 1 atom stereocenters. The molecule has 0 N–H and O–H groups in total. The summed E-state index contributed by atoms with van der Waals surface area (Å²) in [6.45, 7) is 0. The molecule has 0 heterocycles. The van der Waals surface area contributed by atoms with E-state index in [4.69, 9.17) is 5.26 Å². The van der Waals surface area contributed by atoms with Crippen LogP contribution in [0.15, 0.2) is 12.1 Å². The minimum Gasteiger partial charge on any atom is -0.493 e. The fraction of sp³-hybridized carbons (Fsp3) is 0.222. The van der Waals surface area contributed by atoms with Crippen LogP contribution in [0.1, 0.15) is 10.4 Å². The molecule has 14 heavy (non-hydrogen) atoms. The molecule has 2 nitrogen and oxygen atoms in total. The fourth-order valence-corrected chi connectivity index (χ4v) is 1.48. The average Bonchev–Trinajstić information content (AvgIpc) is 2.19. The first kappa shape index (κ1) is 10.9. The predicted octanol–water partition coefficient (Wildman–Crippen LogP) is 2.93. The largest absolute Gasteiger partial charge is 0.493 e. The van der Waals surface area contributed by atoms with Gasteiger partial charge in [0.25, 0.3) is 0 Å². The Morgan fingerprint density at radius 1 is 1.43 bits per heavy atom. The van der Waals surface area contributed by atoms with E-state index in [1.165, 1.54) is 7.11 Å². The summed E-state index contributed by atoms with van der Waals surface area (Å²) in [6.07, 6.45) is 0. The predicted molar refractivity (Wildman–Crippen MR) is 50.2 cm³/mol. The van der Waals surface area contributed by atoms with Crippen molar-refractivity contribution in [3.05, 3.63) is 29.3 Å². The van der Waals surface area contributed by atoms with Gasteiger partial charge in [-0.05, 0) is 12.1 Å². The molecule has 0 fully saturated rings. The van der Waals surface area contributed by atoms with Crippen molar-refractivity contribution in [1.82, 2.24) is 0 Å². The van der Waals surface area contributed by atoms with E-state index >= 15 is 0 Å². The van der Waals surface area contributed by atoms with Crippen LogP contribution in [0.25, 0.3) is 0 Å². The maximum atomic E-state index is 13.2. The summed E-state index contributed by atoms with van der Waals surface area (Å²) in [5, 5.41) is 8.58. The first-order valence-electron chi connectivity index (χ1n) is 3.67. The summed E-state index contributed by atoms with van der Waals surface area (Å²) < 4.78 is 31.0. The van der Waals surface area contributed by atoms with Gasteiger partial charge in [0.05, 0.1) is 18.7 Å². The zero-order chi connectivity index (χ0) is 10.7. The molecule has 0 aromatic heterocycles. The average molecular weight is 262 g/mol.